The zero-order valence-electron chi connectivity index (χ0n) is 10.2. The highest BCUT2D eigenvalue weighted by Gasteiger charge is 2.07. The molecule has 0 radical (unpaired) electrons. The second-order valence-electron chi connectivity index (χ2n) is 4.10. The Morgan fingerprint density at radius 3 is 2.89 bits per heavy atom. The van der Waals surface area contributed by atoms with Gasteiger partial charge in [0.1, 0.15) is 16.2 Å². The number of anilines is 1. The highest BCUT2D eigenvalue weighted by atomic mass is 79.9. The van der Waals surface area contributed by atoms with Gasteiger partial charge < -0.3 is 9.84 Å². The summed E-state index contributed by atoms with van der Waals surface area (Å²) < 4.78 is 5.69. The van der Waals surface area contributed by atoms with Gasteiger partial charge in [-0.2, -0.15) is 4.98 Å². The van der Waals surface area contributed by atoms with Crippen LogP contribution >= 0.6 is 15.9 Å². The van der Waals surface area contributed by atoms with Crippen LogP contribution in [0, 0.1) is 0 Å². The quantitative estimate of drug-likeness (QED) is 0.854. The van der Waals surface area contributed by atoms with Crippen molar-refractivity contribution in [3.8, 4) is 0 Å². The molecular formula is C11H14BrN5O. The smallest absolute Gasteiger partial charge is 0.228 e. The van der Waals surface area contributed by atoms with Crippen molar-refractivity contribution in [1.29, 1.82) is 0 Å². The lowest BCUT2D eigenvalue weighted by Crippen LogP contribution is -2.09. The van der Waals surface area contributed by atoms with Gasteiger partial charge in [-0.1, -0.05) is 19.0 Å². The number of rotatable bonds is 5. The summed E-state index contributed by atoms with van der Waals surface area (Å²) in [5, 5.41) is 6.76. The lowest BCUT2D eigenvalue weighted by molar-refractivity contribution is 0.379. The maximum absolute atomic E-state index is 4.91. The first kappa shape index (κ1) is 12.9. The van der Waals surface area contributed by atoms with Crippen molar-refractivity contribution in [1.82, 2.24) is 20.1 Å². The van der Waals surface area contributed by atoms with Crippen molar-refractivity contribution >= 4 is 21.7 Å². The molecule has 0 unspecified atom stereocenters. The third-order valence-corrected chi connectivity index (χ3v) is 2.69. The predicted octanol–water partition coefficient (Wildman–Crippen LogP) is 2.40. The first-order chi connectivity index (χ1) is 8.65. The van der Waals surface area contributed by atoms with Gasteiger partial charge in [-0.15, -0.1) is 0 Å². The van der Waals surface area contributed by atoms with E-state index in [2.05, 4.69) is 55.2 Å². The van der Waals surface area contributed by atoms with Crippen LogP contribution in [0.25, 0.3) is 0 Å². The highest BCUT2D eigenvalue weighted by Crippen LogP contribution is 2.17. The fraction of sp³-hybridized carbons (Fsp3) is 0.455. The van der Waals surface area contributed by atoms with E-state index >= 15 is 0 Å². The van der Waals surface area contributed by atoms with E-state index in [1.165, 1.54) is 6.33 Å². The number of nitrogens with zero attached hydrogens (tertiary/aromatic N) is 4. The standard InChI is InChI=1S/C11H14BrN5O/c1-7(2)11-16-8(12)5-9(17-11)13-4-3-10-14-6-15-18-10/h5-7H,3-4H2,1-2H3,(H,13,16,17). The predicted molar refractivity (Wildman–Crippen MR) is 70.3 cm³/mol. The zero-order valence-corrected chi connectivity index (χ0v) is 11.8. The van der Waals surface area contributed by atoms with Gasteiger partial charge in [0.15, 0.2) is 6.33 Å². The summed E-state index contributed by atoms with van der Waals surface area (Å²) in [4.78, 5) is 12.7. The molecule has 18 heavy (non-hydrogen) atoms. The summed E-state index contributed by atoms with van der Waals surface area (Å²) in [6.07, 6.45) is 2.06. The van der Waals surface area contributed by atoms with Gasteiger partial charge in [0, 0.05) is 24.9 Å². The average Bonchev–Trinajstić information content (AvgIpc) is 2.81. The Balaban J connectivity index is 1.96. The largest absolute Gasteiger partial charge is 0.369 e. The SMILES string of the molecule is CC(C)c1nc(Br)cc(NCCc2ncno2)n1. The molecule has 0 aliphatic rings. The summed E-state index contributed by atoms with van der Waals surface area (Å²) in [6.45, 7) is 4.80. The van der Waals surface area contributed by atoms with Crippen LogP contribution in [0.1, 0.15) is 31.5 Å². The number of hydrogen-bond acceptors (Lipinski definition) is 6. The summed E-state index contributed by atoms with van der Waals surface area (Å²) in [5.74, 6) is 2.50. The van der Waals surface area contributed by atoms with E-state index in [0.717, 1.165) is 16.2 Å². The summed E-state index contributed by atoms with van der Waals surface area (Å²) in [5.41, 5.74) is 0. The molecule has 6 nitrogen and oxygen atoms in total. The summed E-state index contributed by atoms with van der Waals surface area (Å²) >= 11 is 3.38. The third-order valence-electron chi connectivity index (χ3n) is 2.28. The van der Waals surface area contributed by atoms with Crippen LogP contribution < -0.4 is 5.32 Å². The maximum atomic E-state index is 4.91. The zero-order chi connectivity index (χ0) is 13.0. The Kier molecular flexibility index (Phi) is 4.24. The molecule has 0 atom stereocenters. The van der Waals surface area contributed by atoms with E-state index in [9.17, 15) is 0 Å². The van der Waals surface area contributed by atoms with E-state index in [0.29, 0.717) is 24.8 Å². The minimum Gasteiger partial charge on any atom is -0.369 e. The number of hydrogen-bond donors (Lipinski definition) is 1. The van der Waals surface area contributed by atoms with Crippen LogP contribution in [0.4, 0.5) is 5.82 Å². The molecule has 0 fully saturated rings. The second-order valence-corrected chi connectivity index (χ2v) is 4.91. The molecule has 96 valence electrons. The normalized spacial score (nSPS) is 10.9. The van der Waals surface area contributed by atoms with Gasteiger partial charge in [-0.3, -0.25) is 0 Å². The third kappa shape index (κ3) is 3.49. The molecule has 0 saturated heterocycles. The molecule has 2 aromatic heterocycles. The first-order valence-corrected chi connectivity index (χ1v) is 6.48. The monoisotopic (exact) mass is 311 g/mol. The van der Waals surface area contributed by atoms with Gasteiger partial charge >= 0.3 is 0 Å². The summed E-state index contributed by atoms with van der Waals surface area (Å²) in [7, 11) is 0. The van der Waals surface area contributed by atoms with Crippen LogP contribution in [0.15, 0.2) is 21.5 Å². The lowest BCUT2D eigenvalue weighted by Gasteiger charge is -2.08. The molecule has 0 aliphatic carbocycles. The summed E-state index contributed by atoms with van der Waals surface area (Å²) in [6, 6.07) is 1.85. The first-order valence-electron chi connectivity index (χ1n) is 5.69. The topological polar surface area (TPSA) is 76.7 Å². The molecule has 0 saturated carbocycles. The van der Waals surface area contributed by atoms with Crippen molar-refractivity contribution < 1.29 is 4.52 Å². The van der Waals surface area contributed by atoms with E-state index in [1.54, 1.807) is 0 Å². The Morgan fingerprint density at radius 2 is 2.22 bits per heavy atom. The molecule has 0 aliphatic heterocycles. The molecule has 2 heterocycles. The molecule has 1 N–H and O–H groups in total. The van der Waals surface area contributed by atoms with Crippen molar-refractivity contribution in [3.63, 3.8) is 0 Å². The minimum absolute atomic E-state index is 0.291. The highest BCUT2D eigenvalue weighted by molar-refractivity contribution is 9.10. The van der Waals surface area contributed by atoms with Crippen molar-refractivity contribution in [2.45, 2.75) is 26.2 Å². The van der Waals surface area contributed by atoms with Gasteiger partial charge in [-0.05, 0) is 15.9 Å². The molecule has 0 aromatic carbocycles. The molecule has 2 aromatic rings. The molecule has 7 heteroatoms. The number of halogens is 1. The van der Waals surface area contributed by atoms with Crippen LogP contribution in [0.3, 0.4) is 0 Å². The maximum Gasteiger partial charge on any atom is 0.228 e. The Morgan fingerprint density at radius 1 is 1.39 bits per heavy atom. The van der Waals surface area contributed by atoms with Crippen LogP contribution in [-0.2, 0) is 6.42 Å². The van der Waals surface area contributed by atoms with Gasteiger partial charge in [0.2, 0.25) is 5.89 Å². The van der Waals surface area contributed by atoms with E-state index in [4.69, 9.17) is 4.52 Å². The van der Waals surface area contributed by atoms with Crippen LogP contribution in [0.5, 0.6) is 0 Å². The Hall–Kier alpha value is -1.50. The van der Waals surface area contributed by atoms with Crippen LogP contribution in [0.2, 0.25) is 0 Å². The Labute approximate surface area is 113 Å². The molecule has 2 rings (SSSR count). The molecule has 0 bridgehead atoms. The van der Waals surface area contributed by atoms with E-state index in [-0.39, 0.29) is 0 Å². The lowest BCUT2D eigenvalue weighted by atomic mass is 10.2. The van der Waals surface area contributed by atoms with Gasteiger partial charge in [0.05, 0.1) is 0 Å². The van der Waals surface area contributed by atoms with E-state index in [1.807, 2.05) is 6.07 Å². The molecule has 0 amide bonds. The van der Waals surface area contributed by atoms with Crippen molar-refractivity contribution in [3.05, 3.63) is 28.7 Å². The van der Waals surface area contributed by atoms with E-state index < -0.39 is 0 Å². The minimum atomic E-state index is 0.291. The number of nitrogens with one attached hydrogen (secondary N) is 1. The fourth-order valence-corrected chi connectivity index (χ4v) is 1.79. The average molecular weight is 312 g/mol. The van der Waals surface area contributed by atoms with Gasteiger partial charge in [-0.25, -0.2) is 9.97 Å². The molecule has 0 spiro atoms. The fourth-order valence-electron chi connectivity index (χ4n) is 1.39. The number of aromatic nitrogens is 4. The second kappa shape index (κ2) is 5.90. The van der Waals surface area contributed by atoms with Crippen molar-refractivity contribution in [2.75, 3.05) is 11.9 Å². The molecular weight excluding hydrogens is 298 g/mol. The van der Waals surface area contributed by atoms with Gasteiger partial charge in [0.25, 0.3) is 0 Å². The Bertz CT molecular complexity index is 500. The van der Waals surface area contributed by atoms with Crippen LogP contribution in [-0.4, -0.2) is 26.7 Å². The van der Waals surface area contributed by atoms with Crippen molar-refractivity contribution in [2.24, 2.45) is 0 Å².